The number of rotatable bonds is 6. The van der Waals surface area contributed by atoms with Gasteiger partial charge in [0.25, 0.3) is 0 Å². The molecule has 1 N–H and O–H groups in total. The number of hydrogen-bond acceptors (Lipinski definition) is 3. The lowest BCUT2D eigenvalue weighted by atomic mass is 9.88. The fourth-order valence-electron chi connectivity index (χ4n) is 3.19. The van der Waals surface area contributed by atoms with Crippen LogP contribution in [-0.4, -0.2) is 26.1 Å². The fourth-order valence-corrected chi connectivity index (χ4v) is 3.19. The van der Waals surface area contributed by atoms with Gasteiger partial charge in [0.2, 0.25) is 5.91 Å². The topological polar surface area (TPSA) is 41.6 Å². The highest BCUT2D eigenvalue weighted by molar-refractivity contribution is 5.93. The molecule has 1 aliphatic carbocycles. The number of benzene rings is 1. The summed E-state index contributed by atoms with van der Waals surface area (Å²) in [7, 11) is 1.68. The molecule has 1 amide bonds. The molecule has 0 aliphatic heterocycles. The van der Waals surface area contributed by atoms with Crippen LogP contribution in [0.4, 0.5) is 11.4 Å². The van der Waals surface area contributed by atoms with Gasteiger partial charge in [0.1, 0.15) is 5.75 Å². The van der Waals surface area contributed by atoms with Crippen molar-refractivity contribution >= 4 is 17.3 Å². The van der Waals surface area contributed by atoms with Crippen molar-refractivity contribution in [2.24, 2.45) is 5.92 Å². The molecule has 0 aromatic heterocycles. The number of anilines is 2. The Balaban J connectivity index is 2.13. The molecule has 0 unspecified atom stereocenters. The molecule has 2 rings (SSSR count). The number of methoxy groups -OCH3 is 1. The number of carbonyl (C=O) groups excluding carboxylic acids is 1. The van der Waals surface area contributed by atoms with Crippen molar-refractivity contribution in [1.29, 1.82) is 0 Å². The maximum atomic E-state index is 12.4. The molecule has 0 atom stereocenters. The number of nitrogens with zero attached hydrogens (tertiary/aromatic N) is 1. The zero-order valence-corrected chi connectivity index (χ0v) is 14.0. The van der Waals surface area contributed by atoms with Gasteiger partial charge in [0, 0.05) is 24.7 Å². The van der Waals surface area contributed by atoms with Crippen molar-refractivity contribution in [3.05, 3.63) is 18.2 Å². The minimum atomic E-state index is 0.162. The molecule has 1 aromatic carbocycles. The van der Waals surface area contributed by atoms with E-state index in [2.05, 4.69) is 24.1 Å². The summed E-state index contributed by atoms with van der Waals surface area (Å²) >= 11 is 0. The molecule has 0 saturated heterocycles. The molecule has 122 valence electrons. The summed E-state index contributed by atoms with van der Waals surface area (Å²) in [6.45, 7) is 6.06. The lowest BCUT2D eigenvalue weighted by Crippen LogP contribution is -2.25. The normalized spacial score (nSPS) is 15.4. The van der Waals surface area contributed by atoms with Crippen LogP contribution in [0.5, 0.6) is 5.75 Å². The molecule has 0 spiro atoms. The van der Waals surface area contributed by atoms with Gasteiger partial charge in [-0.05, 0) is 44.9 Å². The summed E-state index contributed by atoms with van der Waals surface area (Å²) < 4.78 is 5.45. The fraction of sp³-hybridized carbons (Fsp3) is 0.611. The van der Waals surface area contributed by atoms with Crippen LogP contribution in [-0.2, 0) is 4.79 Å². The van der Waals surface area contributed by atoms with E-state index in [1.54, 1.807) is 7.11 Å². The van der Waals surface area contributed by atoms with Gasteiger partial charge in [-0.3, -0.25) is 4.79 Å². The molecule has 0 bridgehead atoms. The van der Waals surface area contributed by atoms with Crippen LogP contribution in [0, 0.1) is 5.92 Å². The van der Waals surface area contributed by atoms with E-state index in [-0.39, 0.29) is 11.8 Å². The van der Waals surface area contributed by atoms with Crippen molar-refractivity contribution < 1.29 is 9.53 Å². The van der Waals surface area contributed by atoms with Crippen molar-refractivity contribution in [2.45, 2.75) is 46.0 Å². The molecule has 1 aliphatic rings. The van der Waals surface area contributed by atoms with Gasteiger partial charge in [-0.2, -0.15) is 0 Å². The smallest absolute Gasteiger partial charge is 0.227 e. The lowest BCUT2D eigenvalue weighted by molar-refractivity contribution is -0.120. The maximum Gasteiger partial charge on any atom is 0.227 e. The summed E-state index contributed by atoms with van der Waals surface area (Å²) in [6, 6.07) is 5.88. The molecular formula is C18H28N2O2. The quantitative estimate of drug-likeness (QED) is 0.861. The zero-order chi connectivity index (χ0) is 15.9. The zero-order valence-electron chi connectivity index (χ0n) is 14.0. The van der Waals surface area contributed by atoms with E-state index < -0.39 is 0 Å². The third-order valence-corrected chi connectivity index (χ3v) is 4.53. The first kappa shape index (κ1) is 16.7. The Morgan fingerprint density at radius 3 is 2.50 bits per heavy atom. The molecule has 1 fully saturated rings. The molecule has 1 aromatic rings. The van der Waals surface area contributed by atoms with Crippen LogP contribution in [0.2, 0.25) is 0 Å². The van der Waals surface area contributed by atoms with E-state index in [1.165, 1.54) is 19.3 Å². The molecule has 0 heterocycles. The highest BCUT2D eigenvalue weighted by Gasteiger charge is 2.21. The average Bonchev–Trinajstić information content (AvgIpc) is 2.57. The van der Waals surface area contributed by atoms with Crippen molar-refractivity contribution in [3.63, 3.8) is 0 Å². The SMILES string of the molecule is CCN(CC)c1cc(NC(=O)C2CCCCC2)ccc1OC. The first-order valence-electron chi connectivity index (χ1n) is 8.43. The minimum Gasteiger partial charge on any atom is -0.495 e. The van der Waals surface area contributed by atoms with E-state index in [4.69, 9.17) is 4.74 Å². The molecule has 4 heteroatoms. The Morgan fingerprint density at radius 2 is 1.91 bits per heavy atom. The largest absolute Gasteiger partial charge is 0.495 e. The first-order chi connectivity index (χ1) is 10.7. The monoisotopic (exact) mass is 304 g/mol. The number of amides is 1. The maximum absolute atomic E-state index is 12.4. The van der Waals surface area contributed by atoms with Crippen molar-refractivity contribution in [3.8, 4) is 5.75 Å². The standard InChI is InChI=1S/C18H28N2O2/c1-4-20(5-2)16-13-15(11-12-17(16)22-3)19-18(21)14-9-7-6-8-10-14/h11-14H,4-10H2,1-3H3,(H,19,21). The summed E-state index contributed by atoms with van der Waals surface area (Å²) in [5.74, 6) is 1.18. The summed E-state index contributed by atoms with van der Waals surface area (Å²) in [5.41, 5.74) is 1.90. The average molecular weight is 304 g/mol. The van der Waals surface area contributed by atoms with Gasteiger partial charge in [-0.1, -0.05) is 19.3 Å². The molecule has 1 saturated carbocycles. The van der Waals surface area contributed by atoms with Crippen molar-refractivity contribution in [1.82, 2.24) is 0 Å². The molecule has 0 radical (unpaired) electrons. The Hall–Kier alpha value is -1.71. The second-order valence-electron chi connectivity index (χ2n) is 5.88. The van der Waals surface area contributed by atoms with E-state index in [0.29, 0.717) is 0 Å². The predicted octanol–water partition coefficient (Wildman–Crippen LogP) is 4.06. The number of nitrogens with one attached hydrogen (secondary N) is 1. The van der Waals surface area contributed by atoms with Gasteiger partial charge < -0.3 is 15.0 Å². The highest BCUT2D eigenvalue weighted by atomic mass is 16.5. The van der Waals surface area contributed by atoms with Gasteiger partial charge in [-0.25, -0.2) is 0 Å². The van der Waals surface area contributed by atoms with Crippen LogP contribution in [0.1, 0.15) is 46.0 Å². The number of carbonyl (C=O) groups is 1. The van der Waals surface area contributed by atoms with E-state index >= 15 is 0 Å². The minimum absolute atomic E-state index is 0.162. The highest BCUT2D eigenvalue weighted by Crippen LogP contribution is 2.32. The van der Waals surface area contributed by atoms with Gasteiger partial charge in [0.05, 0.1) is 12.8 Å². The van der Waals surface area contributed by atoms with Gasteiger partial charge >= 0.3 is 0 Å². The third kappa shape index (κ3) is 3.93. The van der Waals surface area contributed by atoms with E-state index in [9.17, 15) is 4.79 Å². The van der Waals surface area contributed by atoms with Crippen LogP contribution in [0.25, 0.3) is 0 Å². The summed E-state index contributed by atoms with van der Waals surface area (Å²) in [4.78, 5) is 14.6. The van der Waals surface area contributed by atoms with E-state index in [1.807, 2.05) is 18.2 Å². The van der Waals surface area contributed by atoms with Gasteiger partial charge in [0.15, 0.2) is 0 Å². The lowest BCUT2D eigenvalue weighted by Gasteiger charge is -2.25. The molecule has 4 nitrogen and oxygen atoms in total. The molecule has 22 heavy (non-hydrogen) atoms. The van der Waals surface area contributed by atoms with Crippen molar-refractivity contribution in [2.75, 3.05) is 30.4 Å². The summed E-state index contributed by atoms with van der Waals surface area (Å²) in [6.07, 6.45) is 5.64. The number of hydrogen-bond donors (Lipinski definition) is 1. The molecular weight excluding hydrogens is 276 g/mol. The Bertz CT molecular complexity index is 492. The Kier molecular flexibility index (Phi) is 6.10. The predicted molar refractivity (Wildman–Crippen MR) is 91.8 cm³/mol. The van der Waals surface area contributed by atoms with Crippen LogP contribution in [0.15, 0.2) is 18.2 Å². The Labute approximate surface area is 133 Å². The second kappa shape index (κ2) is 8.06. The van der Waals surface area contributed by atoms with Crippen LogP contribution >= 0.6 is 0 Å². The number of ether oxygens (including phenoxy) is 1. The van der Waals surface area contributed by atoms with E-state index in [0.717, 1.165) is 43.1 Å². The van der Waals surface area contributed by atoms with Crippen LogP contribution in [0.3, 0.4) is 0 Å². The Morgan fingerprint density at radius 1 is 1.23 bits per heavy atom. The van der Waals surface area contributed by atoms with Crippen LogP contribution < -0.4 is 15.0 Å². The third-order valence-electron chi connectivity index (χ3n) is 4.53. The first-order valence-corrected chi connectivity index (χ1v) is 8.43. The summed E-state index contributed by atoms with van der Waals surface area (Å²) in [5, 5.41) is 3.09. The van der Waals surface area contributed by atoms with Gasteiger partial charge in [-0.15, -0.1) is 0 Å². The second-order valence-corrected chi connectivity index (χ2v) is 5.88.